The number of amides is 1. The highest BCUT2D eigenvalue weighted by molar-refractivity contribution is 7.15. The van der Waals surface area contributed by atoms with Gasteiger partial charge in [0.05, 0.1) is 17.3 Å². The summed E-state index contributed by atoms with van der Waals surface area (Å²) < 4.78 is 0. The number of aryl methyl sites for hydroxylation is 2. The Bertz CT molecular complexity index is 603. The van der Waals surface area contributed by atoms with Gasteiger partial charge in [-0.2, -0.15) is 5.26 Å². The summed E-state index contributed by atoms with van der Waals surface area (Å²) >= 11 is 1.45. The molecule has 0 atom stereocenters. The van der Waals surface area contributed by atoms with Crippen LogP contribution in [0.15, 0.2) is 24.3 Å². The fourth-order valence-corrected chi connectivity index (χ4v) is 2.20. The number of aromatic nitrogens is 1. The first kappa shape index (κ1) is 12.3. The third kappa shape index (κ3) is 2.55. The molecule has 90 valence electrons. The molecule has 1 heterocycles. The van der Waals surface area contributed by atoms with Crippen molar-refractivity contribution in [1.82, 2.24) is 4.98 Å². The van der Waals surface area contributed by atoms with Crippen LogP contribution in [-0.4, -0.2) is 10.9 Å². The van der Waals surface area contributed by atoms with E-state index in [1.54, 1.807) is 24.3 Å². The van der Waals surface area contributed by atoms with Crippen molar-refractivity contribution in [3.63, 3.8) is 0 Å². The summed E-state index contributed by atoms with van der Waals surface area (Å²) in [7, 11) is 0. The van der Waals surface area contributed by atoms with Crippen LogP contribution in [0.4, 0.5) is 5.13 Å². The Hall–Kier alpha value is -2.19. The lowest BCUT2D eigenvalue weighted by Gasteiger charge is -2.01. The van der Waals surface area contributed by atoms with Crippen LogP contribution >= 0.6 is 11.3 Å². The molecule has 0 spiro atoms. The molecule has 0 radical (unpaired) electrons. The maximum atomic E-state index is 11.9. The van der Waals surface area contributed by atoms with Gasteiger partial charge in [0.2, 0.25) is 0 Å². The van der Waals surface area contributed by atoms with Gasteiger partial charge in [0.25, 0.3) is 5.91 Å². The zero-order valence-corrected chi connectivity index (χ0v) is 10.8. The second kappa shape index (κ2) is 4.98. The van der Waals surface area contributed by atoms with E-state index in [0.29, 0.717) is 16.3 Å². The van der Waals surface area contributed by atoms with Crippen LogP contribution in [0.1, 0.15) is 26.5 Å². The summed E-state index contributed by atoms with van der Waals surface area (Å²) in [5.74, 6) is -0.215. The van der Waals surface area contributed by atoms with Crippen LogP contribution in [0, 0.1) is 25.2 Å². The summed E-state index contributed by atoms with van der Waals surface area (Å²) in [6, 6.07) is 8.50. The Balaban J connectivity index is 2.14. The zero-order chi connectivity index (χ0) is 13.1. The molecule has 0 unspecified atom stereocenters. The van der Waals surface area contributed by atoms with Crippen LogP contribution in [0.25, 0.3) is 0 Å². The molecule has 2 aromatic rings. The SMILES string of the molecule is Cc1nc(NC(=O)c2ccc(C#N)cc2)sc1C. The van der Waals surface area contributed by atoms with Gasteiger partial charge in [-0.1, -0.05) is 0 Å². The Morgan fingerprint density at radius 3 is 2.50 bits per heavy atom. The van der Waals surface area contributed by atoms with Gasteiger partial charge in [0, 0.05) is 10.4 Å². The fraction of sp³-hybridized carbons (Fsp3) is 0.154. The molecule has 1 amide bonds. The number of rotatable bonds is 2. The average molecular weight is 257 g/mol. The highest BCUT2D eigenvalue weighted by atomic mass is 32.1. The lowest BCUT2D eigenvalue weighted by Crippen LogP contribution is -2.11. The molecule has 2 rings (SSSR count). The minimum absolute atomic E-state index is 0.215. The monoisotopic (exact) mass is 257 g/mol. The number of hydrogen-bond donors (Lipinski definition) is 1. The van der Waals surface area contributed by atoms with Crippen molar-refractivity contribution in [3.05, 3.63) is 46.0 Å². The second-order valence-electron chi connectivity index (χ2n) is 3.80. The highest BCUT2D eigenvalue weighted by Crippen LogP contribution is 2.21. The van der Waals surface area contributed by atoms with E-state index in [2.05, 4.69) is 10.3 Å². The van der Waals surface area contributed by atoms with E-state index >= 15 is 0 Å². The topological polar surface area (TPSA) is 65.8 Å². The maximum Gasteiger partial charge on any atom is 0.257 e. The number of nitrogens with one attached hydrogen (secondary N) is 1. The molecular weight excluding hydrogens is 246 g/mol. The van der Waals surface area contributed by atoms with Gasteiger partial charge in [-0.25, -0.2) is 4.98 Å². The quantitative estimate of drug-likeness (QED) is 0.899. The van der Waals surface area contributed by atoms with Crippen molar-refractivity contribution in [3.8, 4) is 6.07 Å². The van der Waals surface area contributed by atoms with Gasteiger partial charge in [0.15, 0.2) is 5.13 Å². The summed E-state index contributed by atoms with van der Waals surface area (Å²) in [4.78, 5) is 17.2. The number of carbonyl (C=O) groups excluding carboxylic acids is 1. The number of thiazole rings is 1. The van der Waals surface area contributed by atoms with Crippen LogP contribution in [-0.2, 0) is 0 Å². The largest absolute Gasteiger partial charge is 0.298 e. The first-order valence-corrected chi connectivity index (χ1v) is 6.17. The number of hydrogen-bond acceptors (Lipinski definition) is 4. The molecule has 0 fully saturated rings. The van der Waals surface area contributed by atoms with Crippen molar-refractivity contribution in [2.75, 3.05) is 5.32 Å². The zero-order valence-electron chi connectivity index (χ0n) is 10.0. The normalized spacial score (nSPS) is 9.83. The minimum atomic E-state index is -0.215. The Labute approximate surface area is 109 Å². The predicted octanol–water partition coefficient (Wildman–Crippen LogP) is 2.88. The summed E-state index contributed by atoms with van der Waals surface area (Å²) in [6.45, 7) is 3.87. The van der Waals surface area contributed by atoms with Crippen LogP contribution in [0.5, 0.6) is 0 Å². The molecule has 0 aliphatic heterocycles. The summed E-state index contributed by atoms with van der Waals surface area (Å²) in [6.07, 6.45) is 0. The Morgan fingerprint density at radius 2 is 2.00 bits per heavy atom. The molecule has 0 aliphatic rings. The summed E-state index contributed by atoms with van der Waals surface area (Å²) in [5, 5.41) is 12.0. The molecule has 5 heteroatoms. The molecule has 0 bridgehead atoms. The molecule has 0 aliphatic carbocycles. The van der Waals surface area contributed by atoms with E-state index in [1.165, 1.54) is 11.3 Å². The standard InChI is InChI=1S/C13H11N3OS/c1-8-9(2)18-13(15-8)16-12(17)11-5-3-10(7-14)4-6-11/h3-6H,1-2H3,(H,15,16,17). The van der Waals surface area contributed by atoms with Crippen molar-refractivity contribution < 1.29 is 4.79 Å². The van der Waals surface area contributed by atoms with E-state index in [4.69, 9.17) is 5.26 Å². The van der Waals surface area contributed by atoms with E-state index in [1.807, 2.05) is 19.9 Å². The molecule has 0 saturated heterocycles. The van der Waals surface area contributed by atoms with Crippen LogP contribution < -0.4 is 5.32 Å². The van der Waals surface area contributed by atoms with Crippen LogP contribution in [0.2, 0.25) is 0 Å². The van der Waals surface area contributed by atoms with Gasteiger partial charge < -0.3 is 0 Å². The predicted molar refractivity (Wildman–Crippen MR) is 70.7 cm³/mol. The number of carbonyl (C=O) groups is 1. The molecule has 1 aromatic heterocycles. The number of anilines is 1. The highest BCUT2D eigenvalue weighted by Gasteiger charge is 2.09. The third-order valence-corrected chi connectivity index (χ3v) is 3.51. The van der Waals surface area contributed by atoms with Gasteiger partial charge in [-0.05, 0) is 38.1 Å². The first-order valence-electron chi connectivity index (χ1n) is 5.35. The molecule has 18 heavy (non-hydrogen) atoms. The van der Waals surface area contributed by atoms with Crippen molar-refractivity contribution in [2.24, 2.45) is 0 Å². The van der Waals surface area contributed by atoms with Gasteiger partial charge in [-0.3, -0.25) is 10.1 Å². The van der Waals surface area contributed by atoms with E-state index in [9.17, 15) is 4.79 Å². The molecule has 1 N–H and O–H groups in total. The van der Waals surface area contributed by atoms with E-state index in [0.717, 1.165) is 10.6 Å². The first-order chi connectivity index (χ1) is 8.60. The maximum absolute atomic E-state index is 11.9. The van der Waals surface area contributed by atoms with Gasteiger partial charge >= 0.3 is 0 Å². The molecular formula is C13H11N3OS. The third-order valence-electron chi connectivity index (χ3n) is 2.53. The van der Waals surface area contributed by atoms with Crippen molar-refractivity contribution in [2.45, 2.75) is 13.8 Å². The molecule has 0 saturated carbocycles. The second-order valence-corrected chi connectivity index (χ2v) is 5.01. The van der Waals surface area contributed by atoms with Crippen molar-refractivity contribution in [1.29, 1.82) is 5.26 Å². The smallest absolute Gasteiger partial charge is 0.257 e. The fourth-order valence-electron chi connectivity index (χ4n) is 1.39. The minimum Gasteiger partial charge on any atom is -0.298 e. The Kier molecular flexibility index (Phi) is 3.40. The Morgan fingerprint density at radius 1 is 1.33 bits per heavy atom. The lowest BCUT2D eigenvalue weighted by molar-refractivity contribution is 0.102. The molecule has 4 nitrogen and oxygen atoms in total. The van der Waals surface area contributed by atoms with Gasteiger partial charge in [0.1, 0.15) is 0 Å². The lowest BCUT2D eigenvalue weighted by atomic mass is 10.1. The number of nitrogens with zero attached hydrogens (tertiary/aromatic N) is 2. The number of benzene rings is 1. The average Bonchev–Trinajstić information content (AvgIpc) is 2.68. The van der Waals surface area contributed by atoms with Crippen LogP contribution in [0.3, 0.4) is 0 Å². The molecule has 1 aromatic carbocycles. The summed E-state index contributed by atoms with van der Waals surface area (Å²) in [5.41, 5.74) is 1.97. The van der Waals surface area contributed by atoms with E-state index in [-0.39, 0.29) is 5.91 Å². The van der Waals surface area contributed by atoms with Gasteiger partial charge in [-0.15, -0.1) is 11.3 Å². The van der Waals surface area contributed by atoms with Crippen molar-refractivity contribution >= 4 is 22.4 Å². The van der Waals surface area contributed by atoms with E-state index < -0.39 is 0 Å². The number of nitriles is 1.